The summed E-state index contributed by atoms with van der Waals surface area (Å²) >= 11 is 1.52. The van der Waals surface area contributed by atoms with E-state index in [1.165, 1.54) is 23.2 Å². The molecule has 7 atom stereocenters. The third-order valence-electron chi connectivity index (χ3n) is 15.2. The van der Waals surface area contributed by atoms with Crippen molar-refractivity contribution < 1.29 is 38.2 Å². The number of hydrogen-bond acceptors (Lipinski definition) is 18. The number of aromatic nitrogens is 5. The van der Waals surface area contributed by atoms with Crippen LogP contribution in [0.1, 0.15) is 69.0 Å². The number of anilines is 3. The van der Waals surface area contributed by atoms with Crippen molar-refractivity contribution in [3.05, 3.63) is 102 Å². The number of hydrogen-bond donors (Lipinski definition) is 4. The molecule has 4 fully saturated rings. The number of amides is 2. The summed E-state index contributed by atoms with van der Waals surface area (Å²) in [5.74, 6) is -0.282. The molecule has 4 aromatic heterocycles. The zero-order valence-electron chi connectivity index (χ0n) is 43.4. The van der Waals surface area contributed by atoms with Crippen LogP contribution in [0, 0.1) is 12.8 Å². The first kappa shape index (κ1) is 52.5. The summed E-state index contributed by atoms with van der Waals surface area (Å²) < 4.78 is 33.1. The molecule has 8 heterocycles. The monoisotopic (exact) mass is 1060 g/mol. The SMILES string of the molecule is Cc1ncsc1-c1ccc([C@@H](NC(=O)[C@@H]2C[C@@H](O)CN2C(=O)[C@H](c2cc(OCCN3CCN(CCOc4cc(N5C6CCC5CN(c5cc(-c7ccccc7O)nnc5N)C6)ccn4)CC3)no2)C(C)C)C(C)F)cc1. The minimum Gasteiger partial charge on any atom is -0.507 e. The minimum absolute atomic E-state index is 0.0232. The number of nitrogens with two attached hydrogens (primary N) is 1. The van der Waals surface area contributed by atoms with Crippen LogP contribution in [-0.4, -0.2) is 165 Å². The fourth-order valence-corrected chi connectivity index (χ4v) is 12.1. The highest BCUT2D eigenvalue weighted by molar-refractivity contribution is 7.13. The van der Waals surface area contributed by atoms with Gasteiger partial charge in [-0.3, -0.25) is 19.4 Å². The second-order valence-corrected chi connectivity index (χ2v) is 21.5. The zero-order chi connectivity index (χ0) is 53.0. The Hall–Kier alpha value is -6.94. The topological polar surface area (TPSA) is 225 Å². The number of ether oxygens (including phenoxy) is 2. The van der Waals surface area contributed by atoms with Crippen molar-refractivity contribution in [1.82, 2.24) is 45.3 Å². The Morgan fingerprint density at radius 2 is 1.59 bits per heavy atom. The molecule has 2 amide bonds. The molecule has 2 aromatic carbocycles. The number of thiazole rings is 1. The molecule has 76 heavy (non-hydrogen) atoms. The van der Waals surface area contributed by atoms with Crippen molar-refractivity contribution in [2.45, 2.75) is 89.3 Å². The fraction of sp³-hybridized carbons (Fsp3) is 0.473. The van der Waals surface area contributed by atoms with Crippen molar-refractivity contribution >= 4 is 40.3 Å². The lowest BCUT2D eigenvalue weighted by Crippen LogP contribution is -2.54. The van der Waals surface area contributed by atoms with Gasteiger partial charge in [-0.05, 0) is 73.2 Å². The summed E-state index contributed by atoms with van der Waals surface area (Å²) in [6.07, 6.45) is 1.60. The second kappa shape index (κ2) is 23.1. The molecular formula is C55H67FN12O7S. The molecule has 3 unspecified atom stereocenters. The van der Waals surface area contributed by atoms with Crippen LogP contribution in [0.25, 0.3) is 21.7 Å². The van der Waals surface area contributed by atoms with Crippen LogP contribution in [0.15, 0.2) is 89.0 Å². The number of carbonyl (C=O) groups excluding carboxylic acids is 2. The number of halogens is 1. The Morgan fingerprint density at radius 3 is 2.25 bits per heavy atom. The quantitative estimate of drug-likeness (QED) is 0.0720. The van der Waals surface area contributed by atoms with Gasteiger partial charge in [-0.15, -0.1) is 21.5 Å². The van der Waals surface area contributed by atoms with Crippen LogP contribution in [0.4, 0.5) is 21.6 Å². The van der Waals surface area contributed by atoms with E-state index in [4.69, 9.17) is 19.7 Å². The number of phenolic OH excluding ortho intramolecular Hbond substituents is 1. The van der Waals surface area contributed by atoms with E-state index in [9.17, 15) is 19.8 Å². The zero-order valence-corrected chi connectivity index (χ0v) is 44.2. The van der Waals surface area contributed by atoms with Gasteiger partial charge in [0, 0.05) is 107 Å². The van der Waals surface area contributed by atoms with Crippen molar-refractivity contribution in [1.29, 1.82) is 0 Å². The molecule has 5 N–H and O–H groups in total. The molecule has 4 aliphatic heterocycles. The highest BCUT2D eigenvalue weighted by atomic mass is 32.1. The summed E-state index contributed by atoms with van der Waals surface area (Å²) in [6, 6.07) is 20.7. The number of nitrogen functional groups attached to an aromatic ring is 1. The number of aliphatic hydroxyl groups excluding tert-OH is 1. The van der Waals surface area contributed by atoms with Gasteiger partial charge in [0.15, 0.2) is 11.6 Å². The minimum atomic E-state index is -1.43. The van der Waals surface area contributed by atoms with Gasteiger partial charge in [0.1, 0.15) is 37.1 Å². The molecule has 0 saturated carbocycles. The van der Waals surface area contributed by atoms with Crippen LogP contribution in [-0.2, 0) is 9.59 Å². The van der Waals surface area contributed by atoms with Crippen molar-refractivity contribution in [3.8, 4) is 39.2 Å². The Labute approximate surface area is 445 Å². The van der Waals surface area contributed by atoms with E-state index in [2.05, 4.69) is 56.3 Å². The van der Waals surface area contributed by atoms with Crippen LogP contribution in [0.5, 0.6) is 17.5 Å². The molecule has 4 saturated heterocycles. The van der Waals surface area contributed by atoms with E-state index < -0.39 is 36.2 Å². The van der Waals surface area contributed by atoms with Gasteiger partial charge in [-0.25, -0.2) is 14.4 Å². The number of phenols is 1. The van der Waals surface area contributed by atoms with Gasteiger partial charge in [-0.1, -0.05) is 50.2 Å². The Morgan fingerprint density at radius 1 is 0.895 bits per heavy atom. The normalized spacial score (nSPS) is 21.2. The molecule has 10 rings (SSSR count). The summed E-state index contributed by atoms with van der Waals surface area (Å²) in [4.78, 5) is 49.0. The van der Waals surface area contributed by atoms with Gasteiger partial charge in [0.2, 0.25) is 17.7 Å². The van der Waals surface area contributed by atoms with Crippen LogP contribution >= 0.6 is 11.3 Å². The Kier molecular flexibility index (Phi) is 16.0. The molecule has 402 valence electrons. The number of aliphatic hydroxyl groups is 1. The molecule has 21 heteroatoms. The van der Waals surface area contributed by atoms with E-state index >= 15 is 4.39 Å². The Balaban J connectivity index is 0.664. The number of piperazine rings is 2. The number of para-hydroxylation sites is 1. The average molecular weight is 1060 g/mol. The first-order valence-electron chi connectivity index (χ1n) is 26.3. The molecule has 2 bridgehead atoms. The number of β-amino-alcohol motifs (C(OH)–C–C–N with tert-alkyl or cyclic N) is 1. The van der Waals surface area contributed by atoms with E-state index in [0.717, 1.165) is 86.2 Å². The standard InChI is InChI=1S/C55H67FN12O7S/c1-33(2)50(55(72)67-31-41(69)26-45(67)54(71)60-51(34(3)56)36-9-11-37(12-10-36)52-35(4)59-32-76-52)47-28-49(63-75-47)74-24-22-65-19-17-64(18-20-65)21-23-73-48-25-38(15-16-58-48)68-39-13-14-40(68)30-66(29-39)44-27-43(61-62-53(44)57)42-7-5-6-8-46(42)70/h5-12,15-16,25,27-28,32-34,39-41,45,50-51,69-70H,13-14,17-24,26,29-31H2,1-4H3,(H2,57,62)(H,60,71)/t34?,39?,40?,41-,45+,50+,51+/m1/s1. The number of alkyl halides is 1. The molecular weight excluding hydrogens is 992 g/mol. The summed E-state index contributed by atoms with van der Waals surface area (Å²) in [7, 11) is 0. The highest BCUT2D eigenvalue weighted by Gasteiger charge is 2.45. The molecule has 0 radical (unpaired) electrons. The lowest BCUT2D eigenvalue weighted by Gasteiger charge is -2.43. The van der Waals surface area contributed by atoms with Crippen molar-refractivity contribution in [3.63, 3.8) is 0 Å². The van der Waals surface area contributed by atoms with E-state index in [1.54, 1.807) is 35.8 Å². The predicted molar refractivity (Wildman–Crippen MR) is 287 cm³/mol. The summed E-state index contributed by atoms with van der Waals surface area (Å²) in [5, 5.41) is 36.7. The number of aryl methyl sites for hydroxylation is 1. The van der Waals surface area contributed by atoms with Gasteiger partial charge < -0.3 is 50.0 Å². The lowest BCUT2D eigenvalue weighted by molar-refractivity contribution is -0.141. The predicted octanol–water partition coefficient (Wildman–Crippen LogP) is 6.10. The number of nitrogens with zero attached hydrogens (tertiary/aromatic N) is 10. The Bertz CT molecular complexity index is 2940. The number of pyridine rings is 1. The average Bonchev–Trinajstić information content (AvgIpc) is 4.22. The summed E-state index contributed by atoms with van der Waals surface area (Å²) in [5.41, 5.74) is 13.7. The second-order valence-electron chi connectivity index (χ2n) is 20.7. The van der Waals surface area contributed by atoms with Gasteiger partial charge in [-0.2, -0.15) is 0 Å². The van der Waals surface area contributed by atoms with E-state index in [1.807, 2.05) is 63.4 Å². The number of fused-ring (bicyclic) bond motifs is 2. The molecule has 0 aliphatic carbocycles. The largest absolute Gasteiger partial charge is 0.507 e. The smallest absolute Gasteiger partial charge is 0.254 e. The maximum absolute atomic E-state index is 15.2. The number of aromatic hydroxyl groups is 1. The fourth-order valence-electron chi connectivity index (χ4n) is 11.3. The third-order valence-corrected chi connectivity index (χ3v) is 16.2. The molecule has 19 nitrogen and oxygen atoms in total. The van der Waals surface area contributed by atoms with Crippen LogP contribution in [0.2, 0.25) is 0 Å². The van der Waals surface area contributed by atoms with E-state index in [0.29, 0.717) is 54.0 Å². The molecule has 0 spiro atoms. The van der Waals surface area contributed by atoms with Crippen molar-refractivity contribution in [2.75, 3.05) is 87.7 Å². The van der Waals surface area contributed by atoms with E-state index in [-0.39, 0.29) is 48.5 Å². The van der Waals surface area contributed by atoms with Gasteiger partial charge in [0.25, 0.3) is 5.88 Å². The first-order valence-corrected chi connectivity index (χ1v) is 27.2. The number of rotatable bonds is 19. The summed E-state index contributed by atoms with van der Waals surface area (Å²) in [6.45, 7) is 14.4. The van der Waals surface area contributed by atoms with Crippen LogP contribution in [0.3, 0.4) is 0 Å². The maximum atomic E-state index is 15.2. The highest BCUT2D eigenvalue weighted by Crippen LogP contribution is 2.40. The van der Waals surface area contributed by atoms with Crippen molar-refractivity contribution in [2.24, 2.45) is 5.92 Å². The number of nitrogens with one attached hydrogen (secondary N) is 1. The van der Waals surface area contributed by atoms with Gasteiger partial charge in [0.05, 0.1) is 39.6 Å². The first-order chi connectivity index (χ1) is 36.8. The third kappa shape index (κ3) is 11.6. The van der Waals surface area contributed by atoms with Crippen LogP contribution < -0.4 is 30.3 Å². The van der Waals surface area contributed by atoms with Gasteiger partial charge >= 0.3 is 0 Å². The number of likely N-dealkylation sites (tertiary alicyclic amines) is 1. The number of benzene rings is 2. The molecule has 4 aliphatic rings. The lowest BCUT2D eigenvalue weighted by atomic mass is 9.91. The number of carbonyl (C=O) groups is 2. The maximum Gasteiger partial charge on any atom is 0.254 e. The molecule has 6 aromatic rings.